The third-order valence-corrected chi connectivity index (χ3v) is 3.67. The topological polar surface area (TPSA) is 0 Å². The van der Waals surface area contributed by atoms with Crippen LogP contribution in [0.3, 0.4) is 0 Å². The maximum Gasteiger partial charge on any atom is 0.130 e. The highest BCUT2D eigenvalue weighted by Gasteiger charge is 2.32. The van der Waals surface area contributed by atoms with E-state index >= 15 is 0 Å². The SMILES string of the molecule is Cc1cc(F)c2c(c1F)C(Br)CC2C. The molecule has 3 heteroatoms. The van der Waals surface area contributed by atoms with E-state index in [0.29, 0.717) is 16.7 Å². The van der Waals surface area contributed by atoms with Crippen molar-refractivity contribution >= 4 is 15.9 Å². The maximum atomic E-state index is 13.7. The second-order valence-electron chi connectivity index (χ2n) is 3.92. The fourth-order valence-corrected chi connectivity index (χ4v) is 3.15. The van der Waals surface area contributed by atoms with E-state index < -0.39 is 0 Å². The first kappa shape index (κ1) is 10.1. The molecule has 1 aliphatic rings. The van der Waals surface area contributed by atoms with Gasteiger partial charge in [-0.25, -0.2) is 8.78 Å². The van der Waals surface area contributed by atoms with Gasteiger partial charge in [-0.3, -0.25) is 0 Å². The molecule has 0 amide bonds. The summed E-state index contributed by atoms with van der Waals surface area (Å²) in [4.78, 5) is -0.0399. The minimum atomic E-state index is -0.270. The number of fused-ring (bicyclic) bond motifs is 1. The van der Waals surface area contributed by atoms with E-state index in [4.69, 9.17) is 0 Å². The average Bonchev–Trinajstić information content (AvgIpc) is 2.38. The molecule has 1 aromatic rings. The molecule has 76 valence electrons. The molecule has 0 saturated carbocycles. The molecule has 0 N–H and O–H groups in total. The quantitative estimate of drug-likeness (QED) is 0.613. The van der Waals surface area contributed by atoms with Gasteiger partial charge in [0.2, 0.25) is 0 Å². The molecule has 2 atom stereocenters. The lowest BCUT2D eigenvalue weighted by atomic mass is 10.0. The van der Waals surface area contributed by atoms with Gasteiger partial charge in [-0.2, -0.15) is 0 Å². The lowest BCUT2D eigenvalue weighted by molar-refractivity contribution is 0.571. The zero-order valence-electron chi connectivity index (χ0n) is 8.07. The van der Waals surface area contributed by atoms with Gasteiger partial charge in [0.15, 0.2) is 0 Å². The third-order valence-electron chi connectivity index (χ3n) is 2.84. The fraction of sp³-hybridized carbons (Fsp3) is 0.455. The van der Waals surface area contributed by atoms with Crippen LogP contribution < -0.4 is 0 Å². The van der Waals surface area contributed by atoms with Crippen LogP contribution in [0.25, 0.3) is 0 Å². The Kier molecular flexibility index (Phi) is 2.38. The Morgan fingerprint density at radius 1 is 1.36 bits per heavy atom. The van der Waals surface area contributed by atoms with Crippen molar-refractivity contribution in [3.05, 3.63) is 34.4 Å². The predicted octanol–water partition coefficient (Wildman–Crippen LogP) is 4.22. The lowest BCUT2D eigenvalue weighted by Gasteiger charge is -2.09. The molecular weight excluding hydrogens is 250 g/mol. The van der Waals surface area contributed by atoms with Crippen LogP contribution in [0.15, 0.2) is 6.07 Å². The summed E-state index contributed by atoms with van der Waals surface area (Å²) >= 11 is 3.39. The second-order valence-corrected chi connectivity index (χ2v) is 5.03. The largest absolute Gasteiger partial charge is 0.207 e. The zero-order valence-corrected chi connectivity index (χ0v) is 9.66. The molecule has 0 spiro atoms. The summed E-state index contributed by atoms with van der Waals surface area (Å²) in [5.41, 5.74) is 1.46. The first-order valence-corrected chi connectivity index (χ1v) is 5.56. The summed E-state index contributed by atoms with van der Waals surface area (Å²) in [7, 11) is 0. The van der Waals surface area contributed by atoms with E-state index in [1.807, 2.05) is 6.92 Å². The highest BCUT2D eigenvalue weighted by atomic mass is 79.9. The lowest BCUT2D eigenvalue weighted by Crippen LogP contribution is -1.98. The van der Waals surface area contributed by atoms with Crippen LogP contribution in [0.1, 0.15) is 40.8 Å². The van der Waals surface area contributed by atoms with Crippen molar-refractivity contribution in [3.63, 3.8) is 0 Å². The van der Waals surface area contributed by atoms with Crippen LogP contribution in [0.2, 0.25) is 0 Å². The zero-order chi connectivity index (χ0) is 10.5. The number of rotatable bonds is 0. The van der Waals surface area contributed by atoms with E-state index in [2.05, 4.69) is 15.9 Å². The van der Waals surface area contributed by atoms with Gasteiger partial charge in [-0.15, -0.1) is 0 Å². The molecule has 2 rings (SSSR count). The predicted molar refractivity (Wildman–Crippen MR) is 55.8 cm³/mol. The Hall–Kier alpha value is -0.440. The molecule has 0 fully saturated rings. The van der Waals surface area contributed by atoms with Gasteiger partial charge in [0.25, 0.3) is 0 Å². The number of hydrogen-bond acceptors (Lipinski definition) is 0. The van der Waals surface area contributed by atoms with E-state index in [1.54, 1.807) is 6.92 Å². The molecule has 0 aromatic heterocycles. The van der Waals surface area contributed by atoms with Gasteiger partial charge in [-0.1, -0.05) is 22.9 Å². The van der Waals surface area contributed by atoms with Gasteiger partial charge in [0.05, 0.1) is 0 Å². The molecule has 2 unspecified atom stereocenters. The molecule has 0 bridgehead atoms. The molecule has 0 nitrogen and oxygen atoms in total. The van der Waals surface area contributed by atoms with E-state index in [9.17, 15) is 8.78 Å². The van der Waals surface area contributed by atoms with Crippen molar-refractivity contribution in [1.82, 2.24) is 0 Å². The highest BCUT2D eigenvalue weighted by Crippen LogP contribution is 2.47. The van der Waals surface area contributed by atoms with Crippen LogP contribution in [-0.2, 0) is 0 Å². The van der Waals surface area contributed by atoms with Gasteiger partial charge in [-0.05, 0) is 36.5 Å². The van der Waals surface area contributed by atoms with Crippen LogP contribution in [0.5, 0.6) is 0 Å². The summed E-state index contributed by atoms with van der Waals surface area (Å²) in [6.45, 7) is 3.53. The molecule has 0 radical (unpaired) electrons. The first-order valence-electron chi connectivity index (χ1n) is 4.64. The van der Waals surface area contributed by atoms with Crippen molar-refractivity contribution in [2.24, 2.45) is 0 Å². The normalized spacial score (nSPS) is 25.2. The first-order chi connectivity index (χ1) is 6.52. The molecule has 14 heavy (non-hydrogen) atoms. The molecule has 0 saturated heterocycles. The Morgan fingerprint density at radius 2 is 2.00 bits per heavy atom. The number of hydrogen-bond donors (Lipinski definition) is 0. The fourth-order valence-electron chi connectivity index (χ4n) is 2.14. The summed E-state index contributed by atoms with van der Waals surface area (Å²) < 4.78 is 27.3. The van der Waals surface area contributed by atoms with Crippen LogP contribution in [0, 0.1) is 18.6 Å². The van der Waals surface area contributed by atoms with Gasteiger partial charge in [0, 0.05) is 10.4 Å². The van der Waals surface area contributed by atoms with E-state index in [-0.39, 0.29) is 22.4 Å². The Balaban J connectivity index is 2.72. The minimum absolute atomic E-state index is 0.0399. The van der Waals surface area contributed by atoms with Crippen LogP contribution in [-0.4, -0.2) is 0 Å². The summed E-state index contributed by atoms with van der Waals surface area (Å²) in [5.74, 6) is -0.426. The van der Waals surface area contributed by atoms with E-state index in [1.165, 1.54) is 6.07 Å². The van der Waals surface area contributed by atoms with Crippen LogP contribution >= 0.6 is 15.9 Å². The van der Waals surface area contributed by atoms with Crippen molar-refractivity contribution in [2.45, 2.75) is 31.0 Å². The van der Waals surface area contributed by atoms with Gasteiger partial charge in [0.1, 0.15) is 11.6 Å². The molecule has 0 aliphatic heterocycles. The van der Waals surface area contributed by atoms with Crippen LogP contribution in [0.4, 0.5) is 8.78 Å². The van der Waals surface area contributed by atoms with E-state index in [0.717, 1.165) is 6.42 Å². The summed E-state index contributed by atoms with van der Waals surface area (Å²) in [6.07, 6.45) is 0.770. The standard InChI is InChI=1S/C11H11BrF2/c1-5-3-7(12)10-9(5)8(13)4-6(2)11(10)14/h4-5,7H,3H2,1-2H3. The molecule has 0 heterocycles. The average molecular weight is 261 g/mol. The molecule has 1 aromatic carbocycles. The number of aryl methyl sites for hydroxylation is 1. The van der Waals surface area contributed by atoms with Gasteiger partial charge >= 0.3 is 0 Å². The number of halogens is 3. The Bertz CT molecular complexity index is 387. The Morgan fingerprint density at radius 3 is 2.64 bits per heavy atom. The maximum absolute atomic E-state index is 13.7. The minimum Gasteiger partial charge on any atom is -0.207 e. The highest BCUT2D eigenvalue weighted by molar-refractivity contribution is 9.09. The number of alkyl halides is 1. The smallest absolute Gasteiger partial charge is 0.130 e. The molecular formula is C11H11BrF2. The molecule has 1 aliphatic carbocycles. The monoisotopic (exact) mass is 260 g/mol. The number of benzene rings is 1. The van der Waals surface area contributed by atoms with Crippen molar-refractivity contribution in [1.29, 1.82) is 0 Å². The Labute approximate surface area is 90.4 Å². The summed E-state index contributed by atoms with van der Waals surface area (Å²) in [6, 6.07) is 1.29. The third kappa shape index (κ3) is 1.29. The van der Waals surface area contributed by atoms with Crippen molar-refractivity contribution in [3.8, 4) is 0 Å². The van der Waals surface area contributed by atoms with Crippen molar-refractivity contribution < 1.29 is 8.78 Å². The van der Waals surface area contributed by atoms with Crippen molar-refractivity contribution in [2.75, 3.05) is 0 Å². The summed E-state index contributed by atoms with van der Waals surface area (Å²) in [5, 5.41) is 0. The second kappa shape index (κ2) is 3.30. The van der Waals surface area contributed by atoms with Gasteiger partial charge < -0.3 is 0 Å².